The molecule has 3 rings (SSSR count). The van der Waals surface area contributed by atoms with E-state index in [1.165, 1.54) is 18.2 Å². The number of carbonyl (C=O) groups excluding carboxylic acids is 2. The number of ether oxygens (including phenoxy) is 1. The molecular weight excluding hydrogens is 399 g/mol. The molecule has 0 spiro atoms. The molecule has 0 bridgehead atoms. The van der Waals surface area contributed by atoms with Crippen LogP contribution in [0.4, 0.5) is 19.0 Å². The van der Waals surface area contributed by atoms with Crippen molar-refractivity contribution < 1.29 is 27.5 Å². The van der Waals surface area contributed by atoms with Crippen LogP contribution in [-0.2, 0) is 15.7 Å². The van der Waals surface area contributed by atoms with Gasteiger partial charge in [0.15, 0.2) is 0 Å². The first kappa shape index (κ1) is 21.0. The van der Waals surface area contributed by atoms with Crippen LogP contribution in [0.1, 0.15) is 28.5 Å². The average molecular weight is 415 g/mol. The molecule has 0 atom stereocenters. The number of halogens is 3. The third-order valence-corrected chi connectivity index (χ3v) is 4.00. The van der Waals surface area contributed by atoms with Crippen molar-refractivity contribution in [3.63, 3.8) is 0 Å². The minimum absolute atomic E-state index is 0.0247. The smallest absolute Gasteiger partial charge is 0.417 e. The fourth-order valence-corrected chi connectivity index (χ4v) is 2.60. The van der Waals surface area contributed by atoms with Crippen molar-refractivity contribution in [2.75, 3.05) is 11.9 Å². The molecule has 1 amide bonds. The quantitative estimate of drug-likeness (QED) is 0.491. The van der Waals surface area contributed by atoms with E-state index in [4.69, 9.17) is 4.74 Å². The number of nitrogens with one attached hydrogen (secondary N) is 1. The van der Waals surface area contributed by atoms with E-state index in [1.807, 2.05) is 0 Å². The second kappa shape index (κ2) is 8.73. The van der Waals surface area contributed by atoms with Crippen LogP contribution in [0.3, 0.4) is 0 Å². The molecule has 6 nitrogen and oxygen atoms in total. The van der Waals surface area contributed by atoms with Crippen LogP contribution in [-0.4, -0.2) is 28.5 Å². The number of carbonyl (C=O) groups is 2. The Morgan fingerprint density at radius 3 is 2.60 bits per heavy atom. The summed E-state index contributed by atoms with van der Waals surface area (Å²) in [6, 6.07) is 10.3. The highest BCUT2D eigenvalue weighted by Gasteiger charge is 2.30. The van der Waals surface area contributed by atoms with Gasteiger partial charge in [-0.1, -0.05) is 18.2 Å². The number of hydrogen-bond donors (Lipinski definition) is 1. The van der Waals surface area contributed by atoms with Gasteiger partial charge in [0.05, 0.1) is 28.9 Å². The minimum Gasteiger partial charge on any atom is -0.463 e. The summed E-state index contributed by atoms with van der Waals surface area (Å²) in [5.74, 6) is -1.12. The van der Waals surface area contributed by atoms with Crippen LogP contribution in [0.5, 0.6) is 0 Å². The number of alkyl halides is 3. The first-order chi connectivity index (χ1) is 14.3. The van der Waals surface area contributed by atoms with Crippen LogP contribution < -0.4 is 5.32 Å². The molecule has 0 aliphatic carbocycles. The van der Waals surface area contributed by atoms with Gasteiger partial charge in [-0.05, 0) is 37.3 Å². The number of benzene rings is 1. The Morgan fingerprint density at radius 1 is 1.13 bits per heavy atom. The molecule has 0 saturated heterocycles. The molecule has 0 fully saturated rings. The van der Waals surface area contributed by atoms with Gasteiger partial charge in [-0.15, -0.1) is 0 Å². The van der Waals surface area contributed by atoms with Crippen molar-refractivity contribution in [1.29, 1.82) is 0 Å². The molecule has 0 aliphatic heterocycles. The number of para-hydroxylation sites is 1. The molecule has 9 heteroatoms. The van der Waals surface area contributed by atoms with Crippen molar-refractivity contribution in [2.45, 2.75) is 13.1 Å². The summed E-state index contributed by atoms with van der Waals surface area (Å²) >= 11 is 0. The van der Waals surface area contributed by atoms with E-state index in [2.05, 4.69) is 15.3 Å². The maximum Gasteiger partial charge on any atom is 0.417 e. The number of esters is 1. The molecule has 154 valence electrons. The number of hydrogen-bond acceptors (Lipinski definition) is 5. The van der Waals surface area contributed by atoms with Gasteiger partial charge in [0.2, 0.25) is 0 Å². The number of nitrogens with zero attached hydrogens (tertiary/aromatic N) is 2. The van der Waals surface area contributed by atoms with E-state index in [0.717, 1.165) is 12.1 Å². The highest BCUT2D eigenvalue weighted by Crippen LogP contribution is 2.29. The number of anilines is 1. The number of pyridine rings is 2. The predicted octanol–water partition coefficient (Wildman–Crippen LogP) is 4.48. The van der Waals surface area contributed by atoms with Crippen molar-refractivity contribution >= 4 is 34.7 Å². The second-order valence-corrected chi connectivity index (χ2v) is 6.08. The van der Waals surface area contributed by atoms with Gasteiger partial charge in [0.25, 0.3) is 5.91 Å². The maximum absolute atomic E-state index is 12.7. The van der Waals surface area contributed by atoms with E-state index in [1.54, 1.807) is 31.2 Å². The lowest BCUT2D eigenvalue weighted by Gasteiger charge is -2.09. The lowest BCUT2D eigenvalue weighted by molar-refractivity contribution is -0.138. The molecule has 3 aromatic rings. The van der Waals surface area contributed by atoms with E-state index >= 15 is 0 Å². The van der Waals surface area contributed by atoms with Gasteiger partial charge < -0.3 is 10.1 Å². The first-order valence-corrected chi connectivity index (χ1v) is 8.87. The largest absolute Gasteiger partial charge is 0.463 e. The van der Waals surface area contributed by atoms with E-state index < -0.39 is 23.6 Å². The summed E-state index contributed by atoms with van der Waals surface area (Å²) in [7, 11) is 0. The number of fused-ring (bicyclic) bond motifs is 1. The molecule has 2 heterocycles. The lowest BCUT2D eigenvalue weighted by atomic mass is 10.1. The zero-order valence-corrected chi connectivity index (χ0v) is 15.7. The third kappa shape index (κ3) is 4.99. The van der Waals surface area contributed by atoms with Crippen molar-refractivity contribution in [3.05, 3.63) is 71.6 Å². The summed E-state index contributed by atoms with van der Waals surface area (Å²) in [4.78, 5) is 32.2. The van der Waals surface area contributed by atoms with Crippen molar-refractivity contribution in [2.24, 2.45) is 0 Å². The number of rotatable bonds is 5. The Morgan fingerprint density at radius 2 is 1.93 bits per heavy atom. The Balaban J connectivity index is 1.86. The molecular formula is C21H16F3N3O3. The third-order valence-electron chi connectivity index (χ3n) is 4.00. The number of amides is 1. The van der Waals surface area contributed by atoms with Crippen LogP contribution in [0.15, 0.2) is 54.7 Å². The molecule has 1 aromatic carbocycles. The summed E-state index contributed by atoms with van der Waals surface area (Å²) in [5.41, 5.74) is 0.0994. The maximum atomic E-state index is 12.7. The molecule has 0 aliphatic rings. The van der Waals surface area contributed by atoms with Crippen LogP contribution in [0.2, 0.25) is 0 Å². The fourth-order valence-electron chi connectivity index (χ4n) is 2.60. The molecule has 0 unspecified atom stereocenters. The Kier molecular flexibility index (Phi) is 6.10. The van der Waals surface area contributed by atoms with Gasteiger partial charge in [-0.2, -0.15) is 13.2 Å². The van der Waals surface area contributed by atoms with Crippen molar-refractivity contribution in [3.8, 4) is 0 Å². The van der Waals surface area contributed by atoms with Crippen LogP contribution >= 0.6 is 0 Å². The van der Waals surface area contributed by atoms with Gasteiger partial charge in [-0.25, -0.2) is 14.8 Å². The van der Waals surface area contributed by atoms with Crippen molar-refractivity contribution in [1.82, 2.24) is 9.97 Å². The highest BCUT2D eigenvalue weighted by molar-refractivity contribution is 6.11. The Hall–Kier alpha value is -3.75. The van der Waals surface area contributed by atoms with E-state index in [9.17, 15) is 22.8 Å². The first-order valence-electron chi connectivity index (χ1n) is 8.87. The Bertz CT molecular complexity index is 1110. The lowest BCUT2D eigenvalue weighted by Crippen LogP contribution is -2.14. The zero-order chi connectivity index (χ0) is 21.7. The molecule has 0 saturated carbocycles. The zero-order valence-electron chi connectivity index (χ0n) is 15.7. The average Bonchev–Trinajstić information content (AvgIpc) is 2.71. The van der Waals surface area contributed by atoms with Gasteiger partial charge in [0, 0.05) is 17.7 Å². The van der Waals surface area contributed by atoms with E-state index in [-0.39, 0.29) is 18.0 Å². The summed E-state index contributed by atoms with van der Waals surface area (Å²) < 4.78 is 42.7. The summed E-state index contributed by atoms with van der Waals surface area (Å²) in [6.45, 7) is 1.94. The highest BCUT2D eigenvalue weighted by atomic mass is 19.4. The summed E-state index contributed by atoms with van der Waals surface area (Å²) in [6.07, 6.45) is -1.17. The second-order valence-electron chi connectivity index (χ2n) is 6.08. The monoisotopic (exact) mass is 415 g/mol. The topological polar surface area (TPSA) is 81.2 Å². The summed E-state index contributed by atoms with van der Waals surface area (Å²) in [5, 5.41) is 3.14. The molecule has 2 aromatic heterocycles. The molecule has 1 N–H and O–H groups in total. The van der Waals surface area contributed by atoms with Gasteiger partial charge >= 0.3 is 12.1 Å². The van der Waals surface area contributed by atoms with Gasteiger partial charge in [0.1, 0.15) is 5.82 Å². The molecule has 0 radical (unpaired) electrons. The van der Waals surface area contributed by atoms with Crippen LogP contribution in [0, 0.1) is 0 Å². The van der Waals surface area contributed by atoms with Crippen LogP contribution in [0.25, 0.3) is 17.0 Å². The predicted molar refractivity (Wildman–Crippen MR) is 105 cm³/mol. The normalized spacial score (nSPS) is 11.6. The molecule has 30 heavy (non-hydrogen) atoms. The fraction of sp³-hybridized carbons (Fsp3) is 0.143. The standard InChI is InChI=1S/C21H16F3N3O3/c1-2-30-18(28)11-9-15-8-6-13-4-3-5-16(19(13)26-15)20(29)27-17-10-7-14(12-25-17)21(22,23)24/h3-12H,2H2,1H3,(H,25,27,29). The van der Waals surface area contributed by atoms with Gasteiger partial charge in [-0.3, -0.25) is 4.79 Å². The SMILES string of the molecule is CCOC(=O)C=Cc1ccc2cccc(C(=O)Nc3ccc(C(F)(F)F)cn3)c2n1. The van der Waals surface area contributed by atoms with E-state index in [0.29, 0.717) is 22.8 Å². The Labute approximate surface area is 169 Å². The number of aromatic nitrogens is 2. The minimum atomic E-state index is -4.51.